The zero-order valence-electron chi connectivity index (χ0n) is 23.9. The highest BCUT2D eigenvalue weighted by molar-refractivity contribution is 8.00. The zero-order valence-corrected chi connectivity index (χ0v) is 24.7. The van der Waals surface area contributed by atoms with Crippen molar-refractivity contribution in [3.05, 3.63) is 107 Å². The number of esters is 1. The lowest BCUT2D eigenvalue weighted by Gasteiger charge is -2.17. The number of anilines is 1. The number of halogens is 3. The molecule has 13 heteroatoms. The molecule has 0 bridgehead atoms. The van der Waals surface area contributed by atoms with Crippen LogP contribution in [0.1, 0.15) is 38.3 Å². The topological polar surface area (TPSA) is 127 Å². The van der Waals surface area contributed by atoms with Gasteiger partial charge in [-0.25, -0.2) is 14.7 Å². The first-order chi connectivity index (χ1) is 22.0. The number of aromatic nitrogens is 1. The Bertz CT molecular complexity index is 1860. The van der Waals surface area contributed by atoms with Gasteiger partial charge in [0.15, 0.2) is 12.4 Å². The Labute approximate surface area is 264 Å². The van der Waals surface area contributed by atoms with Gasteiger partial charge in [-0.1, -0.05) is 42.1 Å². The van der Waals surface area contributed by atoms with Crippen LogP contribution < -0.4 is 9.64 Å². The molecule has 5 rings (SSSR count). The van der Waals surface area contributed by atoms with Crippen molar-refractivity contribution in [2.75, 3.05) is 18.6 Å². The van der Waals surface area contributed by atoms with Crippen molar-refractivity contribution >= 4 is 41.0 Å². The van der Waals surface area contributed by atoms with E-state index in [1.54, 1.807) is 48.5 Å². The maximum absolute atomic E-state index is 14.0. The van der Waals surface area contributed by atoms with Gasteiger partial charge in [0.1, 0.15) is 16.8 Å². The number of pyridine rings is 1. The van der Waals surface area contributed by atoms with E-state index in [9.17, 15) is 37.6 Å². The Balaban J connectivity index is 1.34. The predicted molar refractivity (Wildman–Crippen MR) is 160 cm³/mol. The number of benzene rings is 3. The molecular weight excluding hydrogens is 623 g/mol. The molecule has 46 heavy (non-hydrogen) atoms. The van der Waals surface area contributed by atoms with E-state index in [0.717, 1.165) is 11.0 Å². The van der Waals surface area contributed by atoms with Crippen LogP contribution in [0.5, 0.6) is 5.75 Å². The van der Waals surface area contributed by atoms with Gasteiger partial charge in [-0.15, -0.1) is 0 Å². The monoisotopic (exact) mass is 645 g/mol. The van der Waals surface area contributed by atoms with Crippen LogP contribution in [0.15, 0.2) is 90.0 Å². The van der Waals surface area contributed by atoms with Gasteiger partial charge in [-0.3, -0.25) is 14.4 Å². The summed E-state index contributed by atoms with van der Waals surface area (Å²) in [5, 5.41) is 8.15. The highest BCUT2D eigenvalue weighted by atomic mass is 32.2. The van der Waals surface area contributed by atoms with Crippen LogP contribution in [0.3, 0.4) is 0 Å². The third kappa shape index (κ3) is 6.77. The van der Waals surface area contributed by atoms with Gasteiger partial charge in [0, 0.05) is 17.5 Å². The molecule has 0 saturated carbocycles. The van der Waals surface area contributed by atoms with Crippen molar-refractivity contribution in [1.82, 2.24) is 4.98 Å². The summed E-state index contributed by atoms with van der Waals surface area (Å²) in [6.07, 6.45) is -5.26. The number of nitrogens with zero attached hydrogens (tertiary/aromatic N) is 3. The maximum Gasteiger partial charge on any atom is 0.417 e. The fourth-order valence-corrected chi connectivity index (χ4v) is 5.74. The molecular formula is C33H22F3N3O6S. The summed E-state index contributed by atoms with van der Waals surface area (Å²) in [5.41, 5.74) is -1.20. The first-order valence-electron chi connectivity index (χ1n) is 13.6. The number of hydrogen-bond acceptors (Lipinski definition) is 9. The number of hydrogen-bond donors (Lipinski definition) is 0. The summed E-state index contributed by atoms with van der Waals surface area (Å²) in [6, 6.07) is 22.0. The summed E-state index contributed by atoms with van der Waals surface area (Å²) in [4.78, 5) is 56.1. The lowest BCUT2D eigenvalue weighted by atomic mass is 10.1. The minimum absolute atomic E-state index is 0.0625. The lowest BCUT2D eigenvalue weighted by molar-refractivity contribution is -0.138. The summed E-state index contributed by atoms with van der Waals surface area (Å²) >= 11 is 0.599. The average molecular weight is 646 g/mol. The fraction of sp³-hybridized carbons (Fsp3) is 0.152. The molecule has 232 valence electrons. The van der Waals surface area contributed by atoms with Gasteiger partial charge in [0.05, 0.1) is 40.4 Å². The molecule has 1 aliphatic rings. The first kappa shape index (κ1) is 31.9. The van der Waals surface area contributed by atoms with Crippen molar-refractivity contribution < 1.29 is 41.8 Å². The molecule has 0 spiro atoms. The molecule has 1 aromatic heterocycles. The normalized spacial score (nSPS) is 14.6. The number of imide groups is 1. The van der Waals surface area contributed by atoms with Crippen LogP contribution in [0, 0.1) is 11.3 Å². The second kappa shape index (κ2) is 13.3. The Morgan fingerprint density at radius 3 is 2.28 bits per heavy atom. The van der Waals surface area contributed by atoms with Crippen molar-refractivity contribution in [2.45, 2.75) is 22.9 Å². The number of ether oxygens (including phenoxy) is 2. The SMILES string of the molecule is COc1ccc(-c2cc(C(F)(F)F)c(C#N)c(SC3CC(=O)N(c4ccc(C(=O)OCC(=O)c5ccccc5)cc4)C3=O)n2)cc1. The minimum atomic E-state index is -4.90. The average Bonchev–Trinajstić information content (AvgIpc) is 3.34. The number of carbonyl (C=O) groups excluding carboxylic acids is 4. The van der Waals surface area contributed by atoms with E-state index in [0.29, 0.717) is 28.6 Å². The van der Waals surface area contributed by atoms with Gasteiger partial charge in [-0.05, 0) is 54.6 Å². The molecule has 4 aromatic rings. The number of thioether (sulfide) groups is 1. The molecule has 1 fully saturated rings. The molecule has 0 N–H and O–H groups in total. The largest absolute Gasteiger partial charge is 0.497 e. The molecule has 2 amide bonds. The number of methoxy groups -OCH3 is 1. The lowest BCUT2D eigenvalue weighted by Crippen LogP contribution is -2.31. The molecule has 3 aromatic carbocycles. The summed E-state index contributed by atoms with van der Waals surface area (Å²) in [6.45, 7) is -0.485. The highest BCUT2D eigenvalue weighted by Gasteiger charge is 2.42. The van der Waals surface area contributed by atoms with Crippen LogP contribution >= 0.6 is 11.8 Å². The third-order valence-corrected chi connectivity index (χ3v) is 8.11. The number of nitriles is 1. The number of Topliss-reactive ketones (excluding diaryl/α,β-unsaturated/α-hetero) is 1. The molecule has 1 unspecified atom stereocenters. The number of ketones is 1. The van der Waals surface area contributed by atoms with Crippen molar-refractivity contribution in [1.29, 1.82) is 5.26 Å². The summed E-state index contributed by atoms with van der Waals surface area (Å²) in [7, 11) is 1.44. The van der Waals surface area contributed by atoms with E-state index in [-0.39, 0.29) is 28.4 Å². The van der Waals surface area contributed by atoms with Crippen molar-refractivity contribution in [2.24, 2.45) is 0 Å². The molecule has 0 radical (unpaired) electrons. The van der Waals surface area contributed by atoms with Crippen LogP contribution in [-0.2, 0) is 20.5 Å². The van der Waals surface area contributed by atoms with Gasteiger partial charge in [-0.2, -0.15) is 18.4 Å². The van der Waals surface area contributed by atoms with Crippen LogP contribution in [0.4, 0.5) is 18.9 Å². The van der Waals surface area contributed by atoms with Crippen LogP contribution in [-0.4, -0.2) is 47.5 Å². The minimum Gasteiger partial charge on any atom is -0.497 e. The molecule has 2 heterocycles. The van der Waals surface area contributed by atoms with Gasteiger partial charge >= 0.3 is 12.1 Å². The summed E-state index contributed by atoms with van der Waals surface area (Å²) < 4.78 is 52.3. The van der Waals surface area contributed by atoms with E-state index in [2.05, 4.69) is 4.98 Å². The second-order valence-corrected chi connectivity index (χ2v) is 11.1. The van der Waals surface area contributed by atoms with E-state index in [1.807, 2.05) is 0 Å². The Kier molecular flexibility index (Phi) is 9.20. The fourth-order valence-electron chi connectivity index (χ4n) is 4.62. The van der Waals surface area contributed by atoms with Crippen LogP contribution in [0.2, 0.25) is 0 Å². The van der Waals surface area contributed by atoms with Crippen molar-refractivity contribution in [3.8, 4) is 23.1 Å². The zero-order chi connectivity index (χ0) is 33.0. The number of rotatable bonds is 9. The number of carbonyl (C=O) groups is 4. The Morgan fingerprint density at radius 1 is 1.00 bits per heavy atom. The predicted octanol–water partition coefficient (Wildman–Crippen LogP) is 6.11. The van der Waals surface area contributed by atoms with E-state index >= 15 is 0 Å². The molecule has 9 nitrogen and oxygen atoms in total. The number of alkyl halides is 3. The van der Waals surface area contributed by atoms with E-state index in [4.69, 9.17) is 9.47 Å². The third-order valence-electron chi connectivity index (χ3n) is 6.94. The van der Waals surface area contributed by atoms with E-state index < -0.39 is 52.7 Å². The van der Waals surface area contributed by atoms with Gasteiger partial charge in [0.2, 0.25) is 11.8 Å². The molecule has 1 atom stereocenters. The van der Waals surface area contributed by atoms with E-state index in [1.165, 1.54) is 43.5 Å². The van der Waals surface area contributed by atoms with Gasteiger partial charge < -0.3 is 9.47 Å². The smallest absolute Gasteiger partial charge is 0.417 e. The molecule has 1 aliphatic heterocycles. The van der Waals surface area contributed by atoms with Crippen molar-refractivity contribution in [3.63, 3.8) is 0 Å². The first-order valence-corrected chi connectivity index (χ1v) is 14.4. The quantitative estimate of drug-likeness (QED) is 0.120. The molecule has 1 saturated heterocycles. The standard InChI is InChI=1S/C33H22F3N3O6S/c1-44-23-13-9-19(10-14-23)26-15-25(33(34,35)36)24(17-37)30(38-26)46-28-16-29(41)39(31(28)42)22-11-7-21(8-12-22)32(43)45-18-27(40)20-5-3-2-4-6-20/h2-15,28H,16,18H2,1H3. The van der Waals surface area contributed by atoms with Gasteiger partial charge in [0.25, 0.3) is 0 Å². The van der Waals surface area contributed by atoms with Crippen LogP contribution in [0.25, 0.3) is 11.3 Å². The number of amides is 2. The summed E-state index contributed by atoms with van der Waals surface area (Å²) in [5.74, 6) is -2.08. The second-order valence-electron chi connectivity index (χ2n) is 9.86. The highest BCUT2D eigenvalue weighted by Crippen LogP contribution is 2.41. The molecule has 0 aliphatic carbocycles. The Hall–Kier alpha value is -5.48. The maximum atomic E-state index is 14.0. The Morgan fingerprint density at radius 2 is 1.67 bits per heavy atom.